The van der Waals surface area contributed by atoms with Crippen LogP contribution in [0.4, 0.5) is 5.69 Å². The standard InChI is InChI=1S/C31H39N3O5S/c1-7-39-27-17-19-28(20-18-27)40(37,38)34(26-15-9-8-10-16-26)22-29(35)33(21-25-14-12-11-13-23(25)2)24(3)30(36)32-31(4,5)6/h8-20,24H,7,21-22H2,1-6H3,(H,32,36)/t24-/m1/s1. The first kappa shape index (κ1) is 30.7. The molecule has 0 aromatic heterocycles. The summed E-state index contributed by atoms with van der Waals surface area (Å²) < 4.78 is 34.3. The van der Waals surface area contributed by atoms with E-state index in [4.69, 9.17) is 4.74 Å². The lowest BCUT2D eigenvalue weighted by atomic mass is 10.1. The molecule has 0 unspecified atom stereocenters. The molecule has 0 aliphatic rings. The van der Waals surface area contributed by atoms with E-state index in [1.54, 1.807) is 49.4 Å². The molecule has 2 amide bonds. The van der Waals surface area contributed by atoms with Gasteiger partial charge in [0.25, 0.3) is 10.0 Å². The number of sulfonamides is 1. The zero-order chi connectivity index (χ0) is 29.5. The number of benzene rings is 3. The molecule has 1 atom stereocenters. The average molecular weight is 566 g/mol. The monoisotopic (exact) mass is 565 g/mol. The summed E-state index contributed by atoms with van der Waals surface area (Å²) in [6.07, 6.45) is 0. The molecule has 3 aromatic rings. The highest BCUT2D eigenvalue weighted by Crippen LogP contribution is 2.26. The van der Waals surface area contributed by atoms with Gasteiger partial charge in [-0.2, -0.15) is 0 Å². The van der Waals surface area contributed by atoms with E-state index in [0.29, 0.717) is 18.0 Å². The average Bonchev–Trinajstić information content (AvgIpc) is 2.90. The maximum Gasteiger partial charge on any atom is 0.264 e. The highest BCUT2D eigenvalue weighted by molar-refractivity contribution is 7.92. The molecule has 0 heterocycles. The van der Waals surface area contributed by atoms with Crippen LogP contribution in [0, 0.1) is 6.92 Å². The van der Waals surface area contributed by atoms with E-state index < -0.39 is 34.1 Å². The molecule has 0 spiro atoms. The van der Waals surface area contributed by atoms with Crippen molar-refractivity contribution in [2.24, 2.45) is 0 Å². The molecule has 40 heavy (non-hydrogen) atoms. The fourth-order valence-corrected chi connectivity index (χ4v) is 5.57. The van der Waals surface area contributed by atoms with Crippen molar-refractivity contribution >= 4 is 27.5 Å². The fraction of sp³-hybridized carbons (Fsp3) is 0.355. The van der Waals surface area contributed by atoms with Gasteiger partial charge in [0, 0.05) is 12.1 Å². The lowest BCUT2D eigenvalue weighted by Gasteiger charge is -2.33. The van der Waals surface area contributed by atoms with Crippen molar-refractivity contribution in [1.29, 1.82) is 0 Å². The zero-order valence-electron chi connectivity index (χ0n) is 24.0. The Morgan fingerprint density at radius 1 is 0.925 bits per heavy atom. The second kappa shape index (κ2) is 13.0. The van der Waals surface area contributed by atoms with Gasteiger partial charge in [0.1, 0.15) is 18.3 Å². The van der Waals surface area contributed by atoms with Gasteiger partial charge in [-0.3, -0.25) is 13.9 Å². The second-order valence-corrected chi connectivity index (χ2v) is 12.5. The van der Waals surface area contributed by atoms with E-state index in [-0.39, 0.29) is 17.3 Å². The molecular formula is C31H39N3O5S. The van der Waals surface area contributed by atoms with Gasteiger partial charge in [-0.15, -0.1) is 0 Å². The van der Waals surface area contributed by atoms with Crippen molar-refractivity contribution < 1.29 is 22.7 Å². The van der Waals surface area contributed by atoms with Gasteiger partial charge in [-0.05, 0) is 89.1 Å². The predicted molar refractivity (Wildman–Crippen MR) is 158 cm³/mol. The van der Waals surface area contributed by atoms with Crippen LogP contribution in [-0.4, -0.2) is 49.9 Å². The molecule has 0 radical (unpaired) electrons. The number of amides is 2. The third-order valence-corrected chi connectivity index (χ3v) is 8.10. The maximum absolute atomic E-state index is 14.0. The Bertz CT molecular complexity index is 1400. The minimum absolute atomic E-state index is 0.0246. The number of aryl methyl sites for hydroxylation is 1. The number of hydrogen-bond donors (Lipinski definition) is 1. The Morgan fingerprint density at radius 3 is 2.10 bits per heavy atom. The highest BCUT2D eigenvalue weighted by atomic mass is 32.2. The van der Waals surface area contributed by atoms with Crippen LogP contribution in [0.1, 0.15) is 45.7 Å². The summed E-state index contributed by atoms with van der Waals surface area (Å²) in [5.41, 5.74) is 1.67. The molecule has 0 saturated carbocycles. The van der Waals surface area contributed by atoms with E-state index in [2.05, 4.69) is 5.32 Å². The van der Waals surface area contributed by atoms with Crippen molar-refractivity contribution in [2.45, 2.75) is 64.6 Å². The predicted octanol–water partition coefficient (Wildman–Crippen LogP) is 4.92. The van der Waals surface area contributed by atoms with Crippen molar-refractivity contribution in [3.63, 3.8) is 0 Å². The van der Waals surface area contributed by atoms with Crippen LogP contribution in [0.2, 0.25) is 0 Å². The SMILES string of the molecule is CCOc1ccc(S(=O)(=O)N(CC(=O)N(Cc2ccccc2C)[C@H](C)C(=O)NC(C)(C)C)c2ccccc2)cc1. The molecule has 0 saturated heterocycles. The Balaban J connectivity index is 2.01. The number of carbonyl (C=O) groups is 2. The number of hydrogen-bond acceptors (Lipinski definition) is 5. The molecule has 1 N–H and O–H groups in total. The second-order valence-electron chi connectivity index (χ2n) is 10.6. The first-order chi connectivity index (χ1) is 18.8. The summed E-state index contributed by atoms with van der Waals surface area (Å²) in [6, 6.07) is 21.3. The fourth-order valence-electron chi connectivity index (χ4n) is 4.15. The summed E-state index contributed by atoms with van der Waals surface area (Å²) in [6.45, 7) is 11.2. The Kier molecular flexibility index (Phi) is 9.98. The molecule has 8 nitrogen and oxygen atoms in total. The summed E-state index contributed by atoms with van der Waals surface area (Å²) in [7, 11) is -4.14. The molecule has 3 rings (SSSR count). The normalized spacial score (nSPS) is 12.3. The van der Waals surface area contributed by atoms with Crippen LogP contribution in [0.25, 0.3) is 0 Å². The molecule has 0 aliphatic carbocycles. The van der Waals surface area contributed by atoms with Crippen molar-refractivity contribution in [2.75, 3.05) is 17.5 Å². The number of ether oxygens (including phenoxy) is 1. The Morgan fingerprint density at radius 2 is 1.52 bits per heavy atom. The van der Waals surface area contributed by atoms with E-state index in [0.717, 1.165) is 15.4 Å². The minimum Gasteiger partial charge on any atom is -0.494 e. The van der Waals surface area contributed by atoms with Gasteiger partial charge in [-0.25, -0.2) is 8.42 Å². The number of carbonyl (C=O) groups excluding carboxylic acids is 2. The number of nitrogens with zero attached hydrogens (tertiary/aromatic N) is 2. The van der Waals surface area contributed by atoms with Gasteiger partial charge in [0.05, 0.1) is 17.2 Å². The van der Waals surface area contributed by atoms with Crippen molar-refractivity contribution in [1.82, 2.24) is 10.2 Å². The Hall–Kier alpha value is -3.85. The lowest BCUT2D eigenvalue weighted by Crippen LogP contribution is -2.54. The summed E-state index contributed by atoms with van der Waals surface area (Å²) in [5, 5.41) is 2.93. The number of para-hydroxylation sites is 1. The van der Waals surface area contributed by atoms with Gasteiger partial charge >= 0.3 is 0 Å². The number of anilines is 1. The molecule has 0 aliphatic heterocycles. The van der Waals surface area contributed by atoms with Crippen LogP contribution in [0.3, 0.4) is 0 Å². The topological polar surface area (TPSA) is 96.0 Å². The Labute approximate surface area is 238 Å². The first-order valence-electron chi connectivity index (χ1n) is 13.3. The van der Waals surface area contributed by atoms with Crippen molar-refractivity contribution in [3.8, 4) is 5.75 Å². The highest BCUT2D eigenvalue weighted by Gasteiger charge is 2.33. The van der Waals surface area contributed by atoms with E-state index >= 15 is 0 Å². The summed E-state index contributed by atoms with van der Waals surface area (Å²) in [5.74, 6) is -0.278. The molecule has 0 bridgehead atoms. The quantitative estimate of drug-likeness (QED) is 0.356. The molecular weight excluding hydrogens is 526 g/mol. The van der Waals surface area contributed by atoms with E-state index in [1.807, 2.05) is 58.9 Å². The maximum atomic E-state index is 14.0. The van der Waals surface area contributed by atoms with Gasteiger partial charge < -0.3 is 15.0 Å². The van der Waals surface area contributed by atoms with Gasteiger partial charge in [0.2, 0.25) is 11.8 Å². The lowest BCUT2D eigenvalue weighted by molar-refractivity contribution is -0.140. The van der Waals surface area contributed by atoms with Crippen LogP contribution >= 0.6 is 0 Å². The molecule has 0 fully saturated rings. The minimum atomic E-state index is -4.14. The largest absolute Gasteiger partial charge is 0.494 e. The van der Waals surface area contributed by atoms with Gasteiger partial charge in [0.15, 0.2) is 0 Å². The molecule has 214 valence electrons. The summed E-state index contributed by atoms with van der Waals surface area (Å²) in [4.78, 5) is 28.6. The van der Waals surface area contributed by atoms with Gasteiger partial charge in [-0.1, -0.05) is 42.5 Å². The van der Waals surface area contributed by atoms with Crippen LogP contribution in [-0.2, 0) is 26.2 Å². The third kappa shape index (κ3) is 7.85. The number of nitrogens with one attached hydrogen (secondary N) is 1. The van der Waals surface area contributed by atoms with Crippen LogP contribution in [0.5, 0.6) is 5.75 Å². The van der Waals surface area contributed by atoms with E-state index in [1.165, 1.54) is 17.0 Å². The smallest absolute Gasteiger partial charge is 0.264 e. The zero-order valence-corrected chi connectivity index (χ0v) is 24.9. The number of rotatable bonds is 11. The van der Waals surface area contributed by atoms with Crippen LogP contribution < -0.4 is 14.4 Å². The van der Waals surface area contributed by atoms with Crippen molar-refractivity contribution in [3.05, 3.63) is 90.0 Å². The summed E-state index contributed by atoms with van der Waals surface area (Å²) >= 11 is 0. The van der Waals surface area contributed by atoms with E-state index in [9.17, 15) is 18.0 Å². The first-order valence-corrected chi connectivity index (χ1v) is 14.7. The molecule has 9 heteroatoms. The third-order valence-electron chi connectivity index (χ3n) is 6.31. The molecule has 3 aromatic carbocycles. The van der Waals surface area contributed by atoms with Crippen LogP contribution in [0.15, 0.2) is 83.8 Å².